The second kappa shape index (κ2) is 6.08. The topological polar surface area (TPSA) is 38.8 Å². The standard InChI is InChI=1S/C7H14ClNO3/c1-6(8)12-7(10)9(2)4-5-11-3/h6H,4-5H2,1-3H3/t6-/m0/s1. The van der Waals surface area contributed by atoms with Crippen LogP contribution >= 0.6 is 11.6 Å². The second-order valence-corrected chi connectivity index (χ2v) is 2.96. The van der Waals surface area contributed by atoms with Crippen molar-refractivity contribution >= 4 is 17.7 Å². The molecule has 1 amide bonds. The van der Waals surface area contributed by atoms with Gasteiger partial charge in [0.15, 0.2) is 5.56 Å². The van der Waals surface area contributed by atoms with E-state index in [1.54, 1.807) is 21.1 Å². The Kier molecular flexibility index (Phi) is 5.84. The number of hydrogen-bond donors (Lipinski definition) is 0. The van der Waals surface area contributed by atoms with Crippen LogP contribution in [0.5, 0.6) is 0 Å². The molecule has 0 N–H and O–H groups in total. The van der Waals surface area contributed by atoms with E-state index >= 15 is 0 Å². The van der Waals surface area contributed by atoms with Crippen molar-refractivity contribution in [1.29, 1.82) is 0 Å². The average Bonchev–Trinajstić information content (AvgIpc) is 1.98. The van der Waals surface area contributed by atoms with Crippen LogP contribution in [0.4, 0.5) is 4.79 Å². The summed E-state index contributed by atoms with van der Waals surface area (Å²) >= 11 is 5.45. The highest BCUT2D eigenvalue weighted by Crippen LogP contribution is 1.99. The minimum Gasteiger partial charge on any atom is -0.430 e. The Bertz CT molecular complexity index is 141. The predicted octanol–water partition coefficient (Wildman–Crippen LogP) is 1.29. The number of hydrogen-bond acceptors (Lipinski definition) is 3. The zero-order valence-electron chi connectivity index (χ0n) is 7.54. The van der Waals surface area contributed by atoms with Gasteiger partial charge in [-0.2, -0.15) is 0 Å². The van der Waals surface area contributed by atoms with Gasteiger partial charge in [0.1, 0.15) is 0 Å². The summed E-state index contributed by atoms with van der Waals surface area (Å²) in [5.74, 6) is 0. The van der Waals surface area contributed by atoms with Gasteiger partial charge in [0.25, 0.3) is 0 Å². The first kappa shape index (κ1) is 11.5. The Hall–Kier alpha value is -0.480. The van der Waals surface area contributed by atoms with Gasteiger partial charge in [-0.05, 0) is 6.92 Å². The van der Waals surface area contributed by atoms with Gasteiger partial charge < -0.3 is 14.4 Å². The van der Waals surface area contributed by atoms with E-state index in [-0.39, 0.29) is 0 Å². The summed E-state index contributed by atoms with van der Waals surface area (Å²) in [5, 5.41) is 0. The molecule has 0 aromatic rings. The van der Waals surface area contributed by atoms with Crippen molar-refractivity contribution in [2.24, 2.45) is 0 Å². The molecule has 0 radical (unpaired) electrons. The fraction of sp³-hybridized carbons (Fsp3) is 0.857. The van der Waals surface area contributed by atoms with E-state index in [9.17, 15) is 4.79 Å². The zero-order chi connectivity index (χ0) is 9.56. The first-order chi connectivity index (χ1) is 5.57. The lowest BCUT2D eigenvalue weighted by atomic mass is 10.6. The number of ether oxygens (including phenoxy) is 2. The molecule has 0 rings (SSSR count). The summed E-state index contributed by atoms with van der Waals surface area (Å²) in [6.45, 7) is 2.57. The Morgan fingerprint density at radius 3 is 2.67 bits per heavy atom. The monoisotopic (exact) mass is 195 g/mol. The molecule has 0 aromatic carbocycles. The molecule has 0 saturated carbocycles. The molecule has 72 valence electrons. The molecular weight excluding hydrogens is 182 g/mol. The van der Waals surface area contributed by atoms with E-state index in [1.807, 2.05) is 0 Å². The third-order valence-electron chi connectivity index (χ3n) is 1.21. The number of carbonyl (C=O) groups excluding carboxylic acids is 1. The van der Waals surface area contributed by atoms with Gasteiger partial charge in [-0.15, -0.1) is 0 Å². The SMILES string of the molecule is COCCN(C)C(=O)O[C@@H](C)Cl. The summed E-state index contributed by atoms with van der Waals surface area (Å²) in [6.07, 6.45) is -0.436. The summed E-state index contributed by atoms with van der Waals surface area (Å²) in [5.41, 5.74) is -0.595. The van der Waals surface area contributed by atoms with Gasteiger partial charge in [0.2, 0.25) is 0 Å². The third-order valence-corrected chi connectivity index (χ3v) is 1.29. The van der Waals surface area contributed by atoms with Crippen molar-refractivity contribution in [1.82, 2.24) is 4.90 Å². The van der Waals surface area contributed by atoms with Gasteiger partial charge in [0, 0.05) is 20.7 Å². The molecule has 0 fully saturated rings. The maximum absolute atomic E-state index is 11.0. The molecule has 0 aromatic heterocycles. The lowest BCUT2D eigenvalue weighted by Crippen LogP contribution is -2.31. The first-order valence-electron chi connectivity index (χ1n) is 3.62. The van der Waals surface area contributed by atoms with Crippen molar-refractivity contribution in [2.45, 2.75) is 12.5 Å². The third kappa shape index (κ3) is 5.21. The van der Waals surface area contributed by atoms with E-state index in [0.29, 0.717) is 13.2 Å². The van der Waals surface area contributed by atoms with E-state index < -0.39 is 11.7 Å². The maximum atomic E-state index is 11.0. The van der Waals surface area contributed by atoms with Crippen molar-refractivity contribution in [2.75, 3.05) is 27.3 Å². The Labute approximate surface area is 77.4 Å². The number of rotatable bonds is 4. The molecule has 12 heavy (non-hydrogen) atoms. The number of nitrogens with zero attached hydrogens (tertiary/aromatic N) is 1. The van der Waals surface area contributed by atoms with Crippen LogP contribution in [0.25, 0.3) is 0 Å². The molecule has 0 spiro atoms. The minimum absolute atomic E-state index is 0.436. The summed E-state index contributed by atoms with van der Waals surface area (Å²) in [7, 11) is 3.20. The van der Waals surface area contributed by atoms with Crippen LogP contribution in [0.1, 0.15) is 6.92 Å². The highest BCUT2D eigenvalue weighted by Gasteiger charge is 2.11. The number of amides is 1. The van der Waals surface area contributed by atoms with E-state index in [2.05, 4.69) is 0 Å². The number of halogens is 1. The van der Waals surface area contributed by atoms with Crippen molar-refractivity contribution in [3.63, 3.8) is 0 Å². The molecular formula is C7H14ClNO3. The molecule has 0 aliphatic carbocycles. The molecule has 0 aliphatic rings. The van der Waals surface area contributed by atoms with E-state index in [0.717, 1.165) is 0 Å². The maximum Gasteiger partial charge on any atom is 0.411 e. The van der Waals surface area contributed by atoms with Crippen molar-refractivity contribution < 1.29 is 14.3 Å². The van der Waals surface area contributed by atoms with E-state index in [1.165, 1.54) is 4.90 Å². The van der Waals surface area contributed by atoms with Crippen LogP contribution in [0.2, 0.25) is 0 Å². The van der Waals surface area contributed by atoms with Crippen LogP contribution in [0.15, 0.2) is 0 Å². The largest absolute Gasteiger partial charge is 0.430 e. The van der Waals surface area contributed by atoms with Gasteiger partial charge in [-0.1, -0.05) is 11.6 Å². The predicted molar refractivity (Wildman–Crippen MR) is 46.3 cm³/mol. The van der Waals surface area contributed by atoms with Gasteiger partial charge in [-0.25, -0.2) is 4.79 Å². The molecule has 0 unspecified atom stereocenters. The summed E-state index contributed by atoms with van der Waals surface area (Å²) in [4.78, 5) is 12.4. The smallest absolute Gasteiger partial charge is 0.411 e. The Balaban J connectivity index is 3.61. The molecule has 0 aliphatic heterocycles. The Morgan fingerprint density at radius 2 is 2.25 bits per heavy atom. The minimum atomic E-state index is -0.595. The fourth-order valence-electron chi connectivity index (χ4n) is 0.548. The first-order valence-corrected chi connectivity index (χ1v) is 4.06. The van der Waals surface area contributed by atoms with Gasteiger partial charge in [-0.3, -0.25) is 0 Å². The fourth-order valence-corrected chi connectivity index (χ4v) is 0.625. The van der Waals surface area contributed by atoms with Crippen LogP contribution in [-0.4, -0.2) is 43.9 Å². The molecule has 0 bridgehead atoms. The van der Waals surface area contributed by atoms with Crippen molar-refractivity contribution in [3.05, 3.63) is 0 Å². The highest BCUT2D eigenvalue weighted by molar-refractivity contribution is 6.19. The lowest BCUT2D eigenvalue weighted by molar-refractivity contribution is 0.0915. The molecule has 0 heterocycles. The highest BCUT2D eigenvalue weighted by atomic mass is 35.5. The summed E-state index contributed by atoms with van der Waals surface area (Å²) < 4.78 is 9.49. The van der Waals surface area contributed by atoms with Gasteiger partial charge in [0.05, 0.1) is 6.61 Å². The number of alkyl halides is 1. The molecule has 4 nitrogen and oxygen atoms in total. The average molecular weight is 196 g/mol. The van der Waals surface area contributed by atoms with Crippen molar-refractivity contribution in [3.8, 4) is 0 Å². The Morgan fingerprint density at radius 1 is 1.67 bits per heavy atom. The zero-order valence-corrected chi connectivity index (χ0v) is 8.30. The molecule has 1 atom stereocenters. The molecule has 0 saturated heterocycles. The van der Waals surface area contributed by atoms with Crippen LogP contribution in [0.3, 0.4) is 0 Å². The van der Waals surface area contributed by atoms with Crippen LogP contribution < -0.4 is 0 Å². The number of likely N-dealkylation sites (N-methyl/N-ethyl adjacent to an activating group) is 1. The molecule has 5 heteroatoms. The lowest BCUT2D eigenvalue weighted by Gasteiger charge is -2.16. The van der Waals surface area contributed by atoms with Crippen LogP contribution in [0, 0.1) is 0 Å². The van der Waals surface area contributed by atoms with E-state index in [4.69, 9.17) is 21.1 Å². The quantitative estimate of drug-likeness (QED) is 0.635. The van der Waals surface area contributed by atoms with Crippen LogP contribution in [-0.2, 0) is 9.47 Å². The number of methoxy groups -OCH3 is 1. The summed E-state index contributed by atoms with van der Waals surface area (Å²) in [6, 6.07) is 0. The normalized spacial score (nSPS) is 12.3. The second-order valence-electron chi connectivity index (χ2n) is 2.34. The number of carbonyl (C=O) groups is 1. The van der Waals surface area contributed by atoms with Gasteiger partial charge >= 0.3 is 6.09 Å².